The molecule has 0 aliphatic heterocycles. The summed E-state index contributed by atoms with van der Waals surface area (Å²) >= 11 is 5.24. The van der Waals surface area contributed by atoms with E-state index in [1.807, 2.05) is 17.8 Å². The van der Waals surface area contributed by atoms with Crippen molar-refractivity contribution in [3.05, 3.63) is 50.9 Å². The van der Waals surface area contributed by atoms with Crippen LogP contribution < -0.4 is 5.32 Å². The van der Waals surface area contributed by atoms with E-state index in [2.05, 4.69) is 51.4 Å². The number of aromatic nitrogens is 1. The molecule has 0 saturated carbocycles. The van der Waals surface area contributed by atoms with Crippen molar-refractivity contribution in [2.45, 2.75) is 19.5 Å². The van der Waals surface area contributed by atoms with Crippen molar-refractivity contribution >= 4 is 27.3 Å². The Hall–Kier alpha value is -0.710. The van der Waals surface area contributed by atoms with Gasteiger partial charge in [0.05, 0.1) is 5.51 Å². The van der Waals surface area contributed by atoms with Crippen molar-refractivity contribution in [1.82, 2.24) is 10.3 Å². The minimum atomic E-state index is 0.331. The predicted molar refractivity (Wildman–Crippen MR) is 71.5 cm³/mol. The summed E-state index contributed by atoms with van der Waals surface area (Å²) < 4.78 is 1.15. The summed E-state index contributed by atoms with van der Waals surface area (Å²) in [5.74, 6) is 0. The highest BCUT2D eigenvalue weighted by Gasteiger charge is 2.08. The molecule has 2 nitrogen and oxygen atoms in total. The van der Waals surface area contributed by atoms with Crippen LogP contribution >= 0.6 is 27.3 Å². The van der Waals surface area contributed by atoms with Crippen LogP contribution in [0.25, 0.3) is 0 Å². The second-order valence-corrected chi connectivity index (χ2v) is 5.42. The first-order valence-corrected chi connectivity index (χ1v) is 6.80. The highest BCUT2D eigenvalue weighted by Crippen LogP contribution is 2.23. The molecule has 0 aliphatic carbocycles. The first-order chi connectivity index (χ1) is 7.77. The maximum atomic E-state index is 4.06. The maximum absolute atomic E-state index is 4.06. The van der Waals surface area contributed by atoms with E-state index in [0.29, 0.717) is 6.04 Å². The SMILES string of the molecule is C[C@@H](NCc1cncs1)c1ccccc1Br. The lowest BCUT2D eigenvalue weighted by Gasteiger charge is -2.14. The molecule has 16 heavy (non-hydrogen) atoms. The Morgan fingerprint density at radius 1 is 1.44 bits per heavy atom. The normalized spacial score (nSPS) is 12.6. The van der Waals surface area contributed by atoms with Gasteiger partial charge in [-0.2, -0.15) is 0 Å². The molecule has 1 aromatic heterocycles. The van der Waals surface area contributed by atoms with Crippen molar-refractivity contribution in [1.29, 1.82) is 0 Å². The molecule has 84 valence electrons. The number of benzene rings is 1. The Morgan fingerprint density at radius 3 is 2.94 bits per heavy atom. The summed E-state index contributed by atoms with van der Waals surface area (Å²) in [5.41, 5.74) is 3.15. The lowest BCUT2D eigenvalue weighted by molar-refractivity contribution is 0.576. The van der Waals surface area contributed by atoms with Crippen molar-refractivity contribution in [3.8, 4) is 0 Å². The van der Waals surface area contributed by atoms with Crippen LogP contribution in [0.5, 0.6) is 0 Å². The smallest absolute Gasteiger partial charge is 0.0794 e. The van der Waals surface area contributed by atoms with Crippen molar-refractivity contribution < 1.29 is 0 Å². The maximum Gasteiger partial charge on any atom is 0.0794 e. The number of halogens is 1. The van der Waals surface area contributed by atoms with Gasteiger partial charge in [0.1, 0.15) is 0 Å². The number of rotatable bonds is 4. The standard InChI is InChI=1S/C12H13BrN2S/c1-9(11-4-2-3-5-12(11)13)15-7-10-6-14-8-16-10/h2-6,8-9,15H,7H2,1H3/t9-/m1/s1. The van der Waals surface area contributed by atoms with Gasteiger partial charge in [0, 0.05) is 28.1 Å². The molecule has 1 N–H and O–H groups in total. The quantitative estimate of drug-likeness (QED) is 0.929. The third-order valence-corrected chi connectivity index (χ3v) is 3.94. The molecule has 0 radical (unpaired) electrons. The number of thiazole rings is 1. The van der Waals surface area contributed by atoms with Crippen LogP contribution in [0.1, 0.15) is 23.4 Å². The fraction of sp³-hybridized carbons (Fsp3) is 0.250. The summed E-state index contributed by atoms with van der Waals surface area (Å²) in [6, 6.07) is 8.63. The third kappa shape index (κ3) is 2.90. The van der Waals surface area contributed by atoms with E-state index in [-0.39, 0.29) is 0 Å². The lowest BCUT2D eigenvalue weighted by atomic mass is 10.1. The molecule has 1 atom stereocenters. The Kier molecular flexibility index (Phi) is 4.09. The molecule has 0 saturated heterocycles. The number of hydrogen-bond donors (Lipinski definition) is 1. The Morgan fingerprint density at radius 2 is 2.25 bits per heavy atom. The van der Waals surface area contributed by atoms with Crippen molar-refractivity contribution in [2.24, 2.45) is 0 Å². The van der Waals surface area contributed by atoms with Gasteiger partial charge in [-0.15, -0.1) is 11.3 Å². The minimum Gasteiger partial charge on any atom is -0.305 e. The number of hydrogen-bond acceptors (Lipinski definition) is 3. The van der Waals surface area contributed by atoms with E-state index in [9.17, 15) is 0 Å². The first-order valence-electron chi connectivity index (χ1n) is 5.12. The van der Waals surface area contributed by atoms with Gasteiger partial charge in [-0.3, -0.25) is 4.98 Å². The second-order valence-electron chi connectivity index (χ2n) is 3.59. The van der Waals surface area contributed by atoms with E-state index in [1.165, 1.54) is 10.4 Å². The van der Waals surface area contributed by atoms with Gasteiger partial charge in [0.2, 0.25) is 0 Å². The summed E-state index contributed by atoms with van der Waals surface area (Å²) in [6.45, 7) is 3.04. The summed E-state index contributed by atoms with van der Waals surface area (Å²) in [7, 11) is 0. The molecule has 4 heteroatoms. The molecule has 0 bridgehead atoms. The zero-order chi connectivity index (χ0) is 11.4. The van der Waals surface area contributed by atoms with E-state index in [4.69, 9.17) is 0 Å². The molecule has 1 aromatic carbocycles. The van der Waals surface area contributed by atoms with E-state index < -0.39 is 0 Å². The Labute approximate surface area is 108 Å². The summed E-state index contributed by atoms with van der Waals surface area (Å²) in [6.07, 6.45) is 1.91. The van der Waals surface area contributed by atoms with Gasteiger partial charge in [0.25, 0.3) is 0 Å². The molecular weight excluding hydrogens is 284 g/mol. The fourth-order valence-electron chi connectivity index (χ4n) is 1.52. The van der Waals surface area contributed by atoms with Gasteiger partial charge < -0.3 is 5.32 Å². The van der Waals surface area contributed by atoms with Gasteiger partial charge >= 0.3 is 0 Å². The third-order valence-electron chi connectivity index (χ3n) is 2.44. The highest BCUT2D eigenvalue weighted by molar-refractivity contribution is 9.10. The molecule has 2 aromatic rings. The molecular formula is C12H13BrN2S. The van der Waals surface area contributed by atoms with Crippen LogP contribution in [-0.2, 0) is 6.54 Å². The van der Waals surface area contributed by atoms with Crippen molar-refractivity contribution in [3.63, 3.8) is 0 Å². The van der Waals surface area contributed by atoms with Crippen LogP contribution in [0, 0.1) is 0 Å². The van der Waals surface area contributed by atoms with Crippen LogP contribution in [0.15, 0.2) is 40.4 Å². The zero-order valence-corrected chi connectivity index (χ0v) is 11.4. The van der Waals surface area contributed by atoms with Crippen LogP contribution in [-0.4, -0.2) is 4.98 Å². The lowest BCUT2D eigenvalue weighted by Crippen LogP contribution is -2.17. The molecule has 0 spiro atoms. The number of nitrogens with zero attached hydrogens (tertiary/aromatic N) is 1. The average molecular weight is 297 g/mol. The second kappa shape index (κ2) is 5.57. The highest BCUT2D eigenvalue weighted by atomic mass is 79.9. The monoisotopic (exact) mass is 296 g/mol. The summed E-state index contributed by atoms with van der Waals surface area (Å²) in [4.78, 5) is 5.32. The molecule has 2 rings (SSSR count). The predicted octanol–water partition coefficient (Wildman–Crippen LogP) is 3.76. The topological polar surface area (TPSA) is 24.9 Å². The molecule has 0 fully saturated rings. The van der Waals surface area contributed by atoms with Crippen molar-refractivity contribution in [2.75, 3.05) is 0 Å². The van der Waals surface area contributed by atoms with Gasteiger partial charge in [-0.05, 0) is 18.6 Å². The van der Waals surface area contributed by atoms with Gasteiger partial charge in [0.15, 0.2) is 0 Å². The molecule has 0 amide bonds. The van der Waals surface area contributed by atoms with Crippen LogP contribution in [0.3, 0.4) is 0 Å². The van der Waals surface area contributed by atoms with Gasteiger partial charge in [-0.1, -0.05) is 34.1 Å². The van der Waals surface area contributed by atoms with E-state index >= 15 is 0 Å². The number of nitrogens with one attached hydrogen (secondary N) is 1. The minimum absolute atomic E-state index is 0.331. The largest absolute Gasteiger partial charge is 0.305 e. The Balaban J connectivity index is 1.98. The zero-order valence-electron chi connectivity index (χ0n) is 8.98. The molecule has 1 heterocycles. The van der Waals surface area contributed by atoms with Crippen LogP contribution in [0.2, 0.25) is 0 Å². The average Bonchev–Trinajstić information content (AvgIpc) is 2.79. The molecule has 0 unspecified atom stereocenters. The fourth-order valence-corrected chi connectivity index (χ4v) is 2.69. The van der Waals surface area contributed by atoms with Gasteiger partial charge in [-0.25, -0.2) is 0 Å². The summed E-state index contributed by atoms with van der Waals surface area (Å²) in [5, 5.41) is 3.48. The molecule has 0 aliphatic rings. The Bertz CT molecular complexity index is 442. The first kappa shape index (κ1) is 11.8. The van der Waals surface area contributed by atoms with E-state index in [0.717, 1.165) is 11.0 Å². The van der Waals surface area contributed by atoms with Crippen LogP contribution in [0.4, 0.5) is 0 Å². The van der Waals surface area contributed by atoms with E-state index in [1.54, 1.807) is 11.3 Å².